The van der Waals surface area contributed by atoms with Crippen LogP contribution in [0.5, 0.6) is 0 Å². The van der Waals surface area contributed by atoms with E-state index in [1.165, 1.54) is 16.9 Å². The minimum atomic E-state index is -0.0895. The number of rotatable bonds is 8. The SMILES string of the molecule is CN=C(NCCNC(=O)c1scnc1C)NCCc1ccc(-n2cccn2)cc1.I. The molecule has 0 saturated carbocycles. The molecule has 30 heavy (non-hydrogen) atoms. The summed E-state index contributed by atoms with van der Waals surface area (Å²) in [5, 5.41) is 13.6. The average Bonchev–Trinajstić information content (AvgIpc) is 3.42. The number of thiazole rings is 1. The summed E-state index contributed by atoms with van der Waals surface area (Å²) in [5.41, 5.74) is 4.71. The summed E-state index contributed by atoms with van der Waals surface area (Å²) < 4.78 is 1.84. The van der Waals surface area contributed by atoms with Gasteiger partial charge in [-0.3, -0.25) is 9.79 Å². The van der Waals surface area contributed by atoms with Gasteiger partial charge in [-0.15, -0.1) is 35.3 Å². The topological polar surface area (TPSA) is 96.2 Å². The first-order valence-electron chi connectivity index (χ1n) is 9.39. The molecule has 0 atom stereocenters. The molecular formula is C20H26IN7OS. The number of amides is 1. The van der Waals surface area contributed by atoms with Crippen molar-refractivity contribution in [3.63, 3.8) is 0 Å². The summed E-state index contributed by atoms with van der Waals surface area (Å²) in [6.07, 6.45) is 4.57. The third kappa shape index (κ3) is 6.80. The van der Waals surface area contributed by atoms with E-state index in [1.807, 2.05) is 23.9 Å². The van der Waals surface area contributed by atoms with E-state index in [9.17, 15) is 4.79 Å². The molecule has 0 aliphatic heterocycles. The number of guanidine groups is 1. The van der Waals surface area contributed by atoms with E-state index in [0.717, 1.165) is 24.3 Å². The largest absolute Gasteiger partial charge is 0.356 e. The number of hydrogen-bond donors (Lipinski definition) is 3. The van der Waals surface area contributed by atoms with Crippen molar-refractivity contribution in [1.29, 1.82) is 0 Å². The van der Waals surface area contributed by atoms with Gasteiger partial charge in [0.05, 0.1) is 16.9 Å². The molecule has 0 bridgehead atoms. The van der Waals surface area contributed by atoms with Crippen LogP contribution in [0.25, 0.3) is 5.69 Å². The predicted octanol–water partition coefficient (Wildman–Crippen LogP) is 2.39. The second-order valence-electron chi connectivity index (χ2n) is 6.32. The van der Waals surface area contributed by atoms with E-state index < -0.39 is 0 Å². The highest BCUT2D eigenvalue weighted by Crippen LogP contribution is 2.11. The van der Waals surface area contributed by atoms with Gasteiger partial charge < -0.3 is 16.0 Å². The third-order valence-corrected chi connectivity index (χ3v) is 5.22. The van der Waals surface area contributed by atoms with Gasteiger partial charge in [-0.05, 0) is 37.1 Å². The third-order valence-electron chi connectivity index (χ3n) is 4.29. The van der Waals surface area contributed by atoms with Crippen molar-refractivity contribution in [3.8, 4) is 5.69 Å². The van der Waals surface area contributed by atoms with Crippen LogP contribution < -0.4 is 16.0 Å². The molecule has 8 nitrogen and oxygen atoms in total. The van der Waals surface area contributed by atoms with Gasteiger partial charge in [0.15, 0.2) is 5.96 Å². The second kappa shape index (κ2) is 12.3. The van der Waals surface area contributed by atoms with Crippen LogP contribution in [-0.4, -0.2) is 53.3 Å². The number of aromatic nitrogens is 3. The van der Waals surface area contributed by atoms with Gasteiger partial charge in [-0.25, -0.2) is 9.67 Å². The number of aliphatic imine (C=N–C) groups is 1. The molecule has 3 N–H and O–H groups in total. The monoisotopic (exact) mass is 539 g/mol. The highest BCUT2D eigenvalue weighted by Gasteiger charge is 2.10. The van der Waals surface area contributed by atoms with E-state index in [0.29, 0.717) is 23.9 Å². The van der Waals surface area contributed by atoms with Crippen LogP contribution in [0.1, 0.15) is 20.9 Å². The Morgan fingerprint density at radius 3 is 2.50 bits per heavy atom. The first-order chi connectivity index (χ1) is 14.2. The summed E-state index contributed by atoms with van der Waals surface area (Å²) in [7, 11) is 1.73. The molecule has 10 heteroatoms. The summed E-state index contributed by atoms with van der Waals surface area (Å²) in [6, 6.07) is 10.2. The molecule has 0 unspecified atom stereocenters. The number of carbonyl (C=O) groups excluding carboxylic acids is 1. The van der Waals surface area contributed by atoms with Gasteiger partial charge in [0.1, 0.15) is 4.88 Å². The molecule has 2 aromatic heterocycles. The molecule has 0 fully saturated rings. The fraction of sp³-hybridized carbons (Fsp3) is 0.300. The number of benzene rings is 1. The molecule has 0 radical (unpaired) electrons. The van der Waals surface area contributed by atoms with E-state index in [1.54, 1.807) is 18.8 Å². The lowest BCUT2D eigenvalue weighted by atomic mass is 10.1. The van der Waals surface area contributed by atoms with Crippen LogP contribution in [0, 0.1) is 6.92 Å². The molecule has 0 aliphatic carbocycles. The zero-order chi connectivity index (χ0) is 20.5. The molecule has 0 spiro atoms. The van der Waals surface area contributed by atoms with Crippen LogP contribution >= 0.6 is 35.3 Å². The molecule has 160 valence electrons. The van der Waals surface area contributed by atoms with Crippen molar-refractivity contribution in [2.24, 2.45) is 4.99 Å². The van der Waals surface area contributed by atoms with Gasteiger partial charge in [0.2, 0.25) is 0 Å². The van der Waals surface area contributed by atoms with E-state index in [-0.39, 0.29) is 29.9 Å². The Kier molecular flexibility index (Phi) is 9.74. The fourth-order valence-electron chi connectivity index (χ4n) is 2.74. The Morgan fingerprint density at radius 1 is 1.13 bits per heavy atom. The molecule has 0 saturated heterocycles. The summed E-state index contributed by atoms with van der Waals surface area (Å²) in [5.74, 6) is 0.620. The van der Waals surface area contributed by atoms with Gasteiger partial charge in [-0.1, -0.05) is 12.1 Å². The molecule has 1 aromatic carbocycles. The summed E-state index contributed by atoms with van der Waals surface area (Å²) >= 11 is 1.35. The number of nitrogens with one attached hydrogen (secondary N) is 3. The van der Waals surface area contributed by atoms with Gasteiger partial charge in [0.25, 0.3) is 5.91 Å². The number of hydrogen-bond acceptors (Lipinski definition) is 5. The average molecular weight is 539 g/mol. The number of aryl methyl sites for hydroxylation is 1. The minimum Gasteiger partial charge on any atom is -0.356 e. The van der Waals surface area contributed by atoms with Crippen molar-refractivity contribution in [3.05, 3.63) is 64.4 Å². The zero-order valence-corrected chi connectivity index (χ0v) is 20.1. The van der Waals surface area contributed by atoms with Gasteiger partial charge >= 0.3 is 0 Å². The summed E-state index contributed by atoms with van der Waals surface area (Å²) in [6.45, 7) is 3.68. The molecule has 3 aromatic rings. The maximum Gasteiger partial charge on any atom is 0.263 e. The molecule has 0 aliphatic rings. The molecule has 2 heterocycles. The minimum absolute atomic E-state index is 0. The first kappa shape index (κ1) is 23.8. The second-order valence-corrected chi connectivity index (χ2v) is 7.17. The van der Waals surface area contributed by atoms with Crippen LogP contribution in [0.4, 0.5) is 0 Å². The van der Waals surface area contributed by atoms with Crippen molar-refractivity contribution in [2.45, 2.75) is 13.3 Å². The van der Waals surface area contributed by atoms with Crippen molar-refractivity contribution < 1.29 is 4.79 Å². The number of halogens is 1. The summed E-state index contributed by atoms with van der Waals surface area (Å²) in [4.78, 5) is 21.0. The van der Waals surface area contributed by atoms with Crippen LogP contribution in [0.2, 0.25) is 0 Å². The molecule has 1 amide bonds. The maximum absolute atomic E-state index is 12.0. The normalized spacial score (nSPS) is 10.9. The first-order valence-corrected chi connectivity index (χ1v) is 10.3. The highest BCUT2D eigenvalue weighted by molar-refractivity contribution is 14.0. The van der Waals surface area contributed by atoms with Crippen molar-refractivity contribution in [1.82, 2.24) is 30.7 Å². The Hall–Kier alpha value is -2.47. The Morgan fingerprint density at radius 2 is 1.87 bits per heavy atom. The fourth-order valence-corrected chi connectivity index (χ4v) is 3.46. The molecular weight excluding hydrogens is 513 g/mol. The van der Waals surface area contributed by atoms with E-state index in [2.05, 4.69) is 55.3 Å². The zero-order valence-electron chi connectivity index (χ0n) is 17.0. The maximum atomic E-state index is 12.0. The van der Waals surface area contributed by atoms with Crippen LogP contribution in [0.15, 0.2) is 53.2 Å². The number of carbonyl (C=O) groups is 1. The predicted molar refractivity (Wildman–Crippen MR) is 131 cm³/mol. The van der Waals surface area contributed by atoms with Gasteiger partial charge in [-0.2, -0.15) is 5.10 Å². The standard InChI is InChI=1S/C20H25N7OS.HI/c1-15-18(29-14-25-15)19(28)22-11-12-24-20(21-2)23-10-8-16-4-6-17(7-5-16)27-13-3-9-26-27;/h3-7,9,13-14H,8,10-12H2,1-2H3,(H,22,28)(H2,21,23,24);1H. The van der Waals surface area contributed by atoms with E-state index in [4.69, 9.17) is 0 Å². The van der Waals surface area contributed by atoms with E-state index >= 15 is 0 Å². The molecule has 3 rings (SSSR count). The Labute approximate surface area is 197 Å². The Bertz CT molecular complexity index is 938. The quantitative estimate of drug-likeness (QED) is 0.177. The highest BCUT2D eigenvalue weighted by atomic mass is 127. The van der Waals surface area contributed by atoms with Crippen molar-refractivity contribution >= 4 is 47.2 Å². The van der Waals surface area contributed by atoms with Crippen LogP contribution in [0.3, 0.4) is 0 Å². The Balaban J connectivity index is 0.00000320. The lowest BCUT2D eigenvalue weighted by Gasteiger charge is -2.12. The van der Waals surface area contributed by atoms with Crippen LogP contribution in [-0.2, 0) is 6.42 Å². The van der Waals surface area contributed by atoms with Gasteiger partial charge in [0, 0.05) is 39.1 Å². The van der Waals surface area contributed by atoms with Crippen molar-refractivity contribution in [2.75, 3.05) is 26.7 Å². The number of nitrogens with zero attached hydrogens (tertiary/aromatic N) is 4. The lowest BCUT2D eigenvalue weighted by molar-refractivity contribution is 0.0957. The smallest absolute Gasteiger partial charge is 0.263 e. The lowest BCUT2D eigenvalue weighted by Crippen LogP contribution is -2.42.